The zero-order valence-corrected chi connectivity index (χ0v) is 11.1. The molecule has 0 aromatic heterocycles. The number of fused-ring (bicyclic) bond motifs is 1. The van der Waals surface area contributed by atoms with E-state index in [0.717, 1.165) is 16.8 Å². The van der Waals surface area contributed by atoms with Gasteiger partial charge in [0.1, 0.15) is 0 Å². The van der Waals surface area contributed by atoms with Crippen molar-refractivity contribution in [2.45, 2.75) is 0 Å². The molecule has 98 valence electrons. The van der Waals surface area contributed by atoms with Gasteiger partial charge >= 0.3 is 0 Å². The number of hydrogen-bond acceptors (Lipinski definition) is 3. The predicted octanol–water partition coefficient (Wildman–Crippen LogP) is 3.12. The fourth-order valence-electron chi connectivity index (χ4n) is 1.90. The molecule has 20 heavy (non-hydrogen) atoms. The predicted molar refractivity (Wildman–Crippen MR) is 80.7 cm³/mol. The summed E-state index contributed by atoms with van der Waals surface area (Å²) in [6.07, 6.45) is 1.58. The highest BCUT2D eigenvalue weighted by Crippen LogP contribution is 2.22. The molecule has 2 aromatic carbocycles. The molecule has 2 aromatic rings. The van der Waals surface area contributed by atoms with Crippen molar-refractivity contribution in [1.82, 2.24) is 0 Å². The van der Waals surface area contributed by atoms with Gasteiger partial charge in [0.25, 0.3) is 5.91 Å². The number of halogens is 1. The van der Waals surface area contributed by atoms with E-state index in [0.29, 0.717) is 10.7 Å². The van der Waals surface area contributed by atoms with Gasteiger partial charge < -0.3 is 5.32 Å². The van der Waals surface area contributed by atoms with Gasteiger partial charge in [0.2, 0.25) is 0 Å². The Morgan fingerprint density at radius 1 is 1.05 bits per heavy atom. The molecule has 1 N–H and O–H groups in total. The third-order valence-electron chi connectivity index (χ3n) is 2.88. The van der Waals surface area contributed by atoms with Crippen molar-refractivity contribution in [3.63, 3.8) is 0 Å². The number of nitrogens with zero attached hydrogens (tertiary/aromatic N) is 2. The second-order valence-electron chi connectivity index (χ2n) is 4.24. The third kappa shape index (κ3) is 2.46. The quantitative estimate of drug-likeness (QED) is 0.668. The Bertz CT molecular complexity index is 720. The molecule has 0 saturated carbocycles. The first-order valence-electron chi connectivity index (χ1n) is 6.01. The fraction of sp³-hybridized carbons (Fsp3) is 0. The van der Waals surface area contributed by atoms with Crippen molar-refractivity contribution in [2.75, 3.05) is 5.32 Å². The summed E-state index contributed by atoms with van der Waals surface area (Å²) >= 11 is 5.80. The van der Waals surface area contributed by atoms with Crippen LogP contribution in [-0.2, 0) is 4.79 Å². The van der Waals surface area contributed by atoms with Crippen LogP contribution in [0.15, 0.2) is 58.7 Å². The van der Waals surface area contributed by atoms with E-state index in [4.69, 9.17) is 11.6 Å². The number of carbonyl (C=O) groups is 1. The Morgan fingerprint density at radius 3 is 2.60 bits per heavy atom. The topological polar surface area (TPSA) is 53.8 Å². The highest BCUT2D eigenvalue weighted by atomic mass is 35.5. The highest BCUT2D eigenvalue weighted by molar-refractivity contribution is 6.53. The maximum Gasteiger partial charge on any atom is 0.276 e. The molecule has 0 bridgehead atoms. The molecule has 1 amide bonds. The van der Waals surface area contributed by atoms with Gasteiger partial charge in [0.05, 0.1) is 11.9 Å². The van der Waals surface area contributed by atoms with E-state index >= 15 is 0 Å². The number of para-hydroxylation sites is 1. The highest BCUT2D eigenvalue weighted by Gasteiger charge is 2.25. The van der Waals surface area contributed by atoms with E-state index < -0.39 is 0 Å². The van der Waals surface area contributed by atoms with Gasteiger partial charge in [-0.2, -0.15) is 5.10 Å². The van der Waals surface area contributed by atoms with Crippen LogP contribution in [-0.4, -0.2) is 17.8 Å². The van der Waals surface area contributed by atoms with E-state index in [-0.39, 0.29) is 5.91 Å². The van der Waals surface area contributed by atoms with Crippen molar-refractivity contribution in [1.29, 1.82) is 0 Å². The molecule has 0 saturated heterocycles. The van der Waals surface area contributed by atoms with E-state index in [9.17, 15) is 4.79 Å². The van der Waals surface area contributed by atoms with Crippen LogP contribution in [0.1, 0.15) is 11.1 Å². The Hall–Kier alpha value is -2.46. The van der Waals surface area contributed by atoms with E-state index in [2.05, 4.69) is 15.5 Å². The van der Waals surface area contributed by atoms with Gasteiger partial charge in [-0.05, 0) is 23.8 Å². The number of hydrogen-bond donors (Lipinski definition) is 1. The molecule has 0 aliphatic carbocycles. The number of amides is 1. The summed E-state index contributed by atoms with van der Waals surface area (Å²) in [4.78, 5) is 11.8. The molecule has 0 atom stereocenters. The second-order valence-corrected chi connectivity index (χ2v) is 4.68. The minimum absolute atomic E-state index is 0.237. The Balaban J connectivity index is 1.86. The molecule has 4 nitrogen and oxygen atoms in total. The van der Waals surface area contributed by atoms with Gasteiger partial charge in [-0.3, -0.25) is 4.79 Å². The van der Waals surface area contributed by atoms with E-state index in [1.54, 1.807) is 18.3 Å². The zero-order valence-electron chi connectivity index (χ0n) is 10.4. The minimum atomic E-state index is -0.237. The largest absolute Gasteiger partial charge is 0.320 e. The first kappa shape index (κ1) is 12.6. The van der Waals surface area contributed by atoms with Crippen LogP contribution in [0.4, 0.5) is 5.69 Å². The minimum Gasteiger partial charge on any atom is -0.320 e. The van der Waals surface area contributed by atoms with Crippen molar-refractivity contribution in [3.05, 3.63) is 64.7 Å². The van der Waals surface area contributed by atoms with Crippen LogP contribution in [0.2, 0.25) is 5.02 Å². The summed E-state index contributed by atoms with van der Waals surface area (Å²) < 4.78 is 0. The third-order valence-corrected chi connectivity index (χ3v) is 3.13. The summed E-state index contributed by atoms with van der Waals surface area (Å²) in [5.41, 5.74) is 2.72. The smallest absolute Gasteiger partial charge is 0.276 e. The van der Waals surface area contributed by atoms with E-state index in [1.165, 1.54) is 0 Å². The number of carbonyl (C=O) groups excluding carboxylic acids is 1. The average molecular weight is 284 g/mol. The summed E-state index contributed by atoms with van der Waals surface area (Å²) in [6, 6.07) is 14.6. The second kappa shape index (κ2) is 5.27. The van der Waals surface area contributed by atoms with Crippen molar-refractivity contribution in [2.24, 2.45) is 10.2 Å². The summed E-state index contributed by atoms with van der Waals surface area (Å²) in [6.45, 7) is 0. The first-order valence-corrected chi connectivity index (χ1v) is 6.39. The van der Waals surface area contributed by atoms with Crippen molar-refractivity contribution in [3.8, 4) is 0 Å². The van der Waals surface area contributed by atoms with Gasteiger partial charge in [0, 0.05) is 10.6 Å². The molecule has 3 rings (SSSR count). The molecule has 1 aliphatic heterocycles. The number of benzene rings is 2. The lowest BCUT2D eigenvalue weighted by Gasteiger charge is -1.94. The number of rotatable bonds is 2. The molecular weight excluding hydrogens is 274 g/mol. The average Bonchev–Trinajstić information content (AvgIpc) is 2.77. The van der Waals surface area contributed by atoms with Crippen LogP contribution in [0.5, 0.6) is 0 Å². The number of nitrogens with one attached hydrogen (secondary N) is 1. The van der Waals surface area contributed by atoms with Crippen LogP contribution >= 0.6 is 11.6 Å². The Kier molecular flexibility index (Phi) is 3.31. The van der Waals surface area contributed by atoms with Crippen molar-refractivity contribution < 1.29 is 4.79 Å². The SMILES string of the molecule is O=C1Nc2ccccc2/C1=N\N=C/c1ccc(Cl)cc1. The van der Waals surface area contributed by atoms with Gasteiger partial charge in [-0.1, -0.05) is 41.9 Å². The van der Waals surface area contributed by atoms with Crippen molar-refractivity contribution >= 4 is 35.1 Å². The van der Waals surface area contributed by atoms with Crippen LogP contribution in [0.3, 0.4) is 0 Å². The first-order chi connectivity index (χ1) is 9.74. The zero-order chi connectivity index (χ0) is 13.9. The van der Waals surface area contributed by atoms with Gasteiger partial charge in [-0.25, -0.2) is 0 Å². The number of anilines is 1. The summed E-state index contributed by atoms with van der Waals surface area (Å²) in [5, 5.41) is 11.4. The standard InChI is InChI=1S/C15H10ClN3O/c16-11-7-5-10(6-8-11)9-17-19-14-12-3-1-2-4-13(12)18-15(14)20/h1-9H,(H,18,19,20)/b17-9-. The maximum absolute atomic E-state index is 11.8. The molecule has 0 fully saturated rings. The van der Waals surface area contributed by atoms with Gasteiger partial charge in [-0.15, -0.1) is 5.10 Å². The molecule has 1 aliphatic rings. The lowest BCUT2D eigenvalue weighted by Crippen LogP contribution is -2.13. The van der Waals surface area contributed by atoms with Gasteiger partial charge in [0.15, 0.2) is 5.71 Å². The lowest BCUT2D eigenvalue weighted by atomic mass is 10.1. The fourth-order valence-corrected chi connectivity index (χ4v) is 2.03. The van der Waals surface area contributed by atoms with Crippen LogP contribution < -0.4 is 5.32 Å². The molecule has 5 heteroatoms. The Labute approximate surface area is 120 Å². The molecule has 0 spiro atoms. The molecule has 0 unspecified atom stereocenters. The lowest BCUT2D eigenvalue weighted by molar-refractivity contribution is -0.110. The van der Waals surface area contributed by atoms with E-state index in [1.807, 2.05) is 36.4 Å². The normalized spacial score (nSPS) is 15.7. The summed E-state index contributed by atoms with van der Waals surface area (Å²) in [7, 11) is 0. The maximum atomic E-state index is 11.8. The molecular formula is C15H10ClN3O. The van der Waals surface area contributed by atoms with Crippen LogP contribution in [0.25, 0.3) is 0 Å². The monoisotopic (exact) mass is 283 g/mol. The molecule has 1 heterocycles. The summed E-state index contributed by atoms with van der Waals surface area (Å²) in [5.74, 6) is -0.237. The van der Waals surface area contributed by atoms with Crippen LogP contribution in [0, 0.1) is 0 Å². The Morgan fingerprint density at radius 2 is 1.80 bits per heavy atom. The molecule has 0 radical (unpaired) electrons.